The number of hydrogen-bond acceptors (Lipinski definition) is 4. The van der Waals surface area contributed by atoms with Crippen molar-refractivity contribution >= 4 is 11.3 Å². The van der Waals surface area contributed by atoms with Crippen molar-refractivity contribution in [2.24, 2.45) is 5.41 Å². The summed E-state index contributed by atoms with van der Waals surface area (Å²) in [7, 11) is 0. The molecule has 0 radical (unpaired) electrons. The first-order valence-electron chi connectivity index (χ1n) is 6.66. The first-order valence-corrected chi connectivity index (χ1v) is 7.48. The summed E-state index contributed by atoms with van der Waals surface area (Å²) in [5, 5.41) is 14.4. The van der Waals surface area contributed by atoms with Crippen LogP contribution in [0.3, 0.4) is 0 Å². The van der Waals surface area contributed by atoms with Crippen LogP contribution in [0.1, 0.15) is 62.4 Å². The summed E-state index contributed by atoms with van der Waals surface area (Å²) in [5.74, 6) is 0.615. The van der Waals surface area contributed by atoms with E-state index in [4.69, 9.17) is 0 Å². The van der Waals surface area contributed by atoms with Crippen LogP contribution in [0.15, 0.2) is 0 Å². The van der Waals surface area contributed by atoms with Crippen LogP contribution in [-0.2, 0) is 6.54 Å². The van der Waals surface area contributed by atoms with E-state index in [1.807, 2.05) is 0 Å². The summed E-state index contributed by atoms with van der Waals surface area (Å²) in [5.41, 5.74) is 0.396. The molecular formula is C13H23N3S. The molecule has 1 fully saturated rings. The summed E-state index contributed by atoms with van der Waals surface area (Å²) >= 11 is 1.80. The number of rotatable bonds is 4. The Labute approximate surface area is 108 Å². The highest BCUT2D eigenvalue weighted by Crippen LogP contribution is 2.47. The first kappa shape index (κ1) is 13.0. The van der Waals surface area contributed by atoms with Crippen molar-refractivity contribution < 1.29 is 0 Å². The van der Waals surface area contributed by atoms with Gasteiger partial charge in [-0.3, -0.25) is 0 Å². The van der Waals surface area contributed by atoms with Gasteiger partial charge in [0.25, 0.3) is 0 Å². The summed E-state index contributed by atoms with van der Waals surface area (Å²) in [6.07, 6.45) is 5.31. The number of aromatic nitrogens is 2. The molecule has 1 heterocycles. The molecule has 0 amide bonds. The predicted octanol–water partition coefficient (Wildman–Crippen LogP) is 3.33. The molecule has 0 aromatic carbocycles. The van der Waals surface area contributed by atoms with Crippen LogP contribution < -0.4 is 5.32 Å². The molecule has 0 aliphatic heterocycles. The fourth-order valence-electron chi connectivity index (χ4n) is 2.66. The number of nitrogens with one attached hydrogen (secondary N) is 1. The molecule has 1 N–H and O–H groups in total. The monoisotopic (exact) mass is 253 g/mol. The molecule has 1 atom stereocenters. The van der Waals surface area contributed by atoms with Crippen LogP contribution >= 0.6 is 11.3 Å². The van der Waals surface area contributed by atoms with Crippen molar-refractivity contribution in [3.63, 3.8) is 0 Å². The Bertz CT molecular complexity index is 359. The molecule has 1 saturated carbocycles. The lowest BCUT2D eigenvalue weighted by atomic mass is 9.69. The van der Waals surface area contributed by atoms with Crippen LogP contribution in [-0.4, -0.2) is 16.7 Å². The van der Waals surface area contributed by atoms with Gasteiger partial charge in [0.2, 0.25) is 0 Å². The molecule has 0 saturated heterocycles. The van der Waals surface area contributed by atoms with Gasteiger partial charge in [-0.25, -0.2) is 0 Å². The van der Waals surface area contributed by atoms with Crippen molar-refractivity contribution in [1.29, 1.82) is 0 Å². The second-order valence-electron chi connectivity index (χ2n) is 5.60. The zero-order chi connectivity index (χ0) is 12.3. The molecule has 3 nitrogen and oxygen atoms in total. The summed E-state index contributed by atoms with van der Waals surface area (Å²) in [6, 6.07) is 0. The van der Waals surface area contributed by atoms with Gasteiger partial charge in [-0.2, -0.15) is 0 Å². The molecule has 1 aromatic heterocycles. The minimum Gasteiger partial charge on any atom is -0.311 e. The van der Waals surface area contributed by atoms with Crippen molar-refractivity contribution in [1.82, 2.24) is 15.5 Å². The Morgan fingerprint density at radius 2 is 2.18 bits per heavy atom. The van der Waals surface area contributed by atoms with Crippen LogP contribution in [0, 0.1) is 5.41 Å². The van der Waals surface area contributed by atoms with E-state index < -0.39 is 0 Å². The van der Waals surface area contributed by atoms with E-state index in [1.54, 1.807) is 11.3 Å². The van der Waals surface area contributed by atoms with Crippen molar-refractivity contribution in [2.45, 2.75) is 58.9 Å². The highest BCUT2D eigenvalue weighted by Gasteiger charge is 2.35. The van der Waals surface area contributed by atoms with Crippen molar-refractivity contribution in [3.05, 3.63) is 10.0 Å². The van der Waals surface area contributed by atoms with Crippen LogP contribution in [0.4, 0.5) is 0 Å². The molecule has 0 bridgehead atoms. The maximum atomic E-state index is 4.42. The second-order valence-corrected chi connectivity index (χ2v) is 6.69. The lowest BCUT2D eigenvalue weighted by molar-refractivity contribution is 0.198. The Hall–Kier alpha value is -0.480. The molecule has 1 aliphatic carbocycles. The van der Waals surface area contributed by atoms with Crippen molar-refractivity contribution in [3.8, 4) is 0 Å². The van der Waals surface area contributed by atoms with E-state index in [0.717, 1.165) is 18.1 Å². The number of nitrogens with zero attached hydrogens (tertiary/aromatic N) is 2. The fraction of sp³-hybridized carbons (Fsp3) is 0.846. The van der Waals surface area contributed by atoms with Gasteiger partial charge in [-0.05, 0) is 24.8 Å². The standard InChI is InChI=1S/C13H23N3S/c1-4-14-9-11-15-16-12(17-11)10-7-5-6-8-13(10,2)3/h10,14H,4-9H2,1-3H3. The molecule has 96 valence electrons. The van der Waals surface area contributed by atoms with Gasteiger partial charge in [0.15, 0.2) is 0 Å². The maximum absolute atomic E-state index is 4.42. The van der Waals surface area contributed by atoms with E-state index in [2.05, 4.69) is 36.3 Å². The quantitative estimate of drug-likeness (QED) is 0.894. The van der Waals surface area contributed by atoms with E-state index in [1.165, 1.54) is 30.7 Å². The smallest absolute Gasteiger partial charge is 0.131 e. The van der Waals surface area contributed by atoms with Gasteiger partial charge in [0.05, 0.1) is 0 Å². The maximum Gasteiger partial charge on any atom is 0.131 e. The fourth-order valence-corrected chi connectivity index (χ4v) is 3.82. The van der Waals surface area contributed by atoms with Gasteiger partial charge in [0, 0.05) is 12.5 Å². The van der Waals surface area contributed by atoms with Gasteiger partial charge in [-0.1, -0.05) is 44.9 Å². The zero-order valence-electron chi connectivity index (χ0n) is 11.1. The topological polar surface area (TPSA) is 37.8 Å². The SMILES string of the molecule is CCNCc1nnc(C2CCCCC2(C)C)s1. The summed E-state index contributed by atoms with van der Waals surface area (Å²) < 4.78 is 0. The van der Waals surface area contributed by atoms with Crippen molar-refractivity contribution in [2.75, 3.05) is 6.54 Å². The zero-order valence-corrected chi connectivity index (χ0v) is 11.9. The minimum atomic E-state index is 0.396. The van der Waals surface area contributed by atoms with E-state index in [9.17, 15) is 0 Å². The molecule has 1 aliphatic rings. The third-order valence-corrected chi connectivity index (χ3v) is 4.85. The van der Waals surface area contributed by atoms with Crippen LogP contribution in [0.5, 0.6) is 0 Å². The molecular weight excluding hydrogens is 230 g/mol. The Balaban J connectivity index is 2.07. The Kier molecular flexibility index (Phi) is 4.15. The minimum absolute atomic E-state index is 0.396. The molecule has 0 spiro atoms. The second kappa shape index (κ2) is 5.44. The van der Waals surface area contributed by atoms with E-state index in [0.29, 0.717) is 11.3 Å². The van der Waals surface area contributed by atoms with Gasteiger partial charge in [-0.15, -0.1) is 10.2 Å². The van der Waals surface area contributed by atoms with Crippen LogP contribution in [0.25, 0.3) is 0 Å². The number of hydrogen-bond donors (Lipinski definition) is 1. The summed E-state index contributed by atoms with van der Waals surface area (Å²) in [6.45, 7) is 8.72. The van der Waals surface area contributed by atoms with Gasteiger partial charge in [0.1, 0.15) is 10.0 Å². The lowest BCUT2D eigenvalue weighted by Crippen LogP contribution is -2.25. The average Bonchev–Trinajstić information content (AvgIpc) is 2.74. The highest BCUT2D eigenvalue weighted by atomic mass is 32.1. The van der Waals surface area contributed by atoms with Crippen LogP contribution in [0.2, 0.25) is 0 Å². The molecule has 2 rings (SSSR count). The molecule has 4 heteroatoms. The molecule has 1 unspecified atom stereocenters. The Morgan fingerprint density at radius 1 is 1.35 bits per heavy atom. The highest BCUT2D eigenvalue weighted by molar-refractivity contribution is 7.11. The Morgan fingerprint density at radius 3 is 2.88 bits per heavy atom. The first-order chi connectivity index (χ1) is 8.13. The third-order valence-electron chi connectivity index (χ3n) is 3.81. The van der Waals surface area contributed by atoms with Gasteiger partial charge >= 0.3 is 0 Å². The third kappa shape index (κ3) is 3.05. The lowest BCUT2D eigenvalue weighted by Gasteiger charge is -2.37. The van der Waals surface area contributed by atoms with Gasteiger partial charge < -0.3 is 5.32 Å². The normalized spacial score (nSPS) is 23.8. The largest absolute Gasteiger partial charge is 0.311 e. The van der Waals surface area contributed by atoms with E-state index in [-0.39, 0.29) is 0 Å². The molecule has 17 heavy (non-hydrogen) atoms. The summed E-state index contributed by atoms with van der Waals surface area (Å²) in [4.78, 5) is 0. The average molecular weight is 253 g/mol. The molecule has 1 aromatic rings. The predicted molar refractivity (Wildman–Crippen MR) is 72.3 cm³/mol. The van der Waals surface area contributed by atoms with E-state index >= 15 is 0 Å².